The van der Waals surface area contributed by atoms with Gasteiger partial charge in [0.15, 0.2) is 24.4 Å². The van der Waals surface area contributed by atoms with Gasteiger partial charge in [-0.2, -0.15) is 0 Å². The minimum absolute atomic E-state index is 0.0689. The third-order valence-electron chi connectivity index (χ3n) is 11.3. The molecule has 1 aliphatic carbocycles. The van der Waals surface area contributed by atoms with Crippen molar-refractivity contribution >= 4 is 29.4 Å². The van der Waals surface area contributed by atoms with Crippen molar-refractivity contribution in [2.75, 3.05) is 33.9 Å². The zero-order chi connectivity index (χ0) is 38.8. The van der Waals surface area contributed by atoms with E-state index in [1.807, 2.05) is 44.9 Å². The fraction of sp³-hybridized carbons (Fsp3) is 0.537. The number of hydrogen-bond donors (Lipinski definition) is 2. The van der Waals surface area contributed by atoms with Crippen LogP contribution in [0.2, 0.25) is 0 Å². The number of likely N-dealkylation sites (N-methyl/N-ethyl adjacent to an activating group) is 1. The monoisotopic (exact) mass is 745 g/mol. The molecular weight excluding hydrogens is 694 g/mol. The molecule has 13 heteroatoms. The van der Waals surface area contributed by atoms with Crippen molar-refractivity contribution in [3.05, 3.63) is 65.0 Å². The number of aliphatic hydroxyl groups excluding tert-OH is 1. The molecule has 2 unspecified atom stereocenters. The first-order valence-corrected chi connectivity index (χ1v) is 18.8. The molecule has 6 rings (SSSR count). The predicted octanol–water partition coefficient (Wildman–Crippen LogP) is 3.83. The smallest absolute Gasteiger partial charge is 0.329 e. The van der Waals surface area contributed by atoms with Gasteiger partial charge in [-0.1, -0.05) is 26.0 Å². The second-order valence-corrected chi connectivity index (χ2v) is 15.3. The molecule has 290 valence electrons. The van der Waals surface area contributed by atoms with Crippen molar-refractivity contribution in [3.63, 3.8) is 0 Å². The van der Waals surface area contributed by atoms with Crippen LogP contribution in [0.1, 0.15) is 84.7 Å². The normalized spacial score (nSPS) is 23.8. The van der Waals surface area contributed by atoms with E-state index in [4.69, 9.17) is 18.9 Å². The average molecular weight is 746 g/mol. The average Bonchev–Trinajstić information content (AvgIpc) is 3.73. The molecule has 0 bridgehead atoms. The Bertz CT molecular complexity index is 1820. The van der Waals surface area contributed by atoms with Crippen LogP contribution in [0.25, 0.3) is 11.1 Å². The van der Waals surface area contributed by atoms with E-state index >= 15 is 0 Å². The lowest BCUT2D eigenvalue weighted by Crippen LogP contribution is -2.54. The van der Waals surface area contributed by atoms with E-state index in [2.05, 4.69) is 11.9 Å². The van der Waals surface area contributed by atoms with Crippen LogP contribution in [0.5, 0.6) is 5.75 Å². The predicted molar refractivity (Wildman–Crippen MR) is 197 cm³/mol. The third-order valence-corrected chi connectivity index (χ3v) is 11.3. The van der Waals surface area contributed by atoms with Crippen LogP contribution >= 0.6 is 0 Å². The molecule has 2 aromatic rings. The van der Waals surface area contributed by atoms with E-state index in [1.54, 1.807) is 23.1 Å². The number of carbonyl (C=O) groups excluding carboxylic acids is 5. The third kappa shape index (κ3) is 7.88. The number of aliphatic hydroxyl groups is 1. The van der Waals surface area contributed by atoms with Crippen molar-refractivity contribution in [2.45, 2.75) is 96.2 Å². The summed E-state index contributed by atoms with van der Waals surface area (Å²) in [6.07, 6.45) is 2.07. The molecule has 2 aromatic carbocycles. The Balaban J connectivity index is 1.10. The summed E-state index contributed by atoms with van der Waals surface area (Å²) in [6.45, 7) is 10.0. The van der Waals surface area contributed by atoms with Gasteiger partial charge in [-0.3, -0.25) is 24.1 Å². The van der Waals surface area contributed by atoms with Gasteiger partial charge in [0.2, 0.25) is 11.7 Å². The summed E-state index contributed by atoms with van der Waals surface area (Å²) < 4.78 is 22.5. The minimum Gasteiger partial charge on any atom is -0.488 e. The van der Waals surface area contributed by atoms with Crippen LogP contribution in [0.15, 0.2) is 42.8 Å². The summed E-state index contributed by atoms with van der Waals surface area (Å²) in [5.41, 5.74) is 4.10. The Kier molecular flexibility index (Phi) is 11.8. The quantitative estimate of drug-likeness (QED) is 0.174. The summed E-state index contributed by atoms with van der Waals surface area (Å²) >= 11 is 0. The van der Waals surface area contributed by atoms with Crippen molar-refractivity contribution < 1.29 is 48.0 Å². The van der Waals surface area contributed by atoms with Crippen LogP contribution in [0.4, 0.5) is 0 Å². The number of aryl methyl sites for hydroxylation is 1. The number of fused-ring (bicyclic) bond motifs is 4. The molecule has 2 saturated heterocycles. The zero-order valence-electron chi connectivity index (χ0n) is 31.7. The van der Waals surface area contributed by atoms with Gasteiger partial charge in [0.25, 0.3) is 0 Å². The fourth-order valence-electron chi connectivity index (χ4n) is 8.20. The number of rotatable bonds is 13. The van der Waals surface area contributed by atoms with Gasteiger partial charge in [0.05, 0.1) is 7.11 Å². The SMILES string of the molecule is C=C(N[C@H](C(=O)N1C(C(=O)OC2CCc3cc4c(cc3C2=O)OCc2cc(C(=O)COC(=O)[C@@H]3C[C@H](CCO)CN3C)ccc2-4)CC[C@@H]1C)C(C)C)OC. The van der Waals surface area contributed by atoms with E-state index in [-0.39, 0.29) is 61.1 Å². The van der Waals surface area contributed by atoms with E-state index in [0.29, 0.717) is 61.9 Å². The second-order valence-electron chi connectivity index (χ2n) is 15.3. The second kappa shape index (κ2) is 16.3. The lowest BCUT2D eigenvalue weighted by Gasteiger charge is -2.34. The van der Waals surface area contributed by atoms with Gasteiger partial charge in [0.1, 0.15) is 30.5 Å². The van der Waals surface area contributed by atoms with Gasteiger partial charge < -0.3 is 34.3 Å². The lowest BCUT2D eigenvalue weighted by atomic mass is 9.84. The van der Waals surface area contributed by atoms with E-state index < -0.39 is 36.2 Å². The first-order valence-electron chi connectivity index (χ1n) is 18.8. The molecule has 13 nitrogen and oxygen atoms in total. The summed E-state index contributed by atoms with van der Waals surface area (Å²) in [7, 11) is 3.30. The van der Waals surface area contributed by atoms with Crippen LogP contribution in [-0.2, 0) is 41.6 Å². The number of likely N-dealkylation sites (tertiary alicyclic amines) is 2. The van der Waals surface area contributed by atoms with Gasteiger partial charge in [-0.05, 0) is 106 Å². The van der Waals surface area contributed by atoms with Crippen LogP contribution < -0.4 is 10.1 Å². The Hall–Kier alpha value is -4.75. The number of ether oxygens (including phenoxy) is 4. The summed E-state index contributed by atoms with van der Waals surface area (Å²) in [4.78, 5) is 70.4. The standard InChI is InChI=1S/C41H51N3O10/c1-22(2)37(42-24(4)51-6)39(48)44-23(3)7-11-32(44)41(50)54-35-12-9-26-17-31-29-10-8-27(16-28(29)20-52-36(31)18-30(26)38(35)47)34(46)21-53-40(49)33-15-25(13-14-45)19-43(33)5/h8,10,16-18,22-23,25,32-33,35,37,42,45H,4,7,9,11-15,19-21H2,1-3,5-6H3/t23-,25-,32?,33-,35?,37-/m0/s1. The number of nitrogens with zero attached hydrogens (tertiary/aromatic N) is 2. The van der Waals surface area contributed by atoms with Gasteiger partial charge in [0, 0.05) is 35.9 Å². The van der Waals surface area contributed by atoms with E-state index in [0.717, 1.165) is 22.3 Å². The highest BCUT2D eigenvalue weighted by Crippen LogP contribution is 2.42. The first-order chi connectivity index (χ1) is 25.8. The maximum Gasteiger partial charge on any atom is 0.329 e. The van der Waals surface area contributed by atoms with Crippen LogP contribution in [0.3, 0.4) is 0 Å². The number of methoxy groups -OCH3 is 1. The minimum atomic E-state index is -0.988. The lowest BCUT2D eigenvalue weighted by molar-refractivity contribution is -0.158. The van der Waals surface area contributed by atoms with Crippen molar-refractivity contribution in [2.24, 2.45) is 11.8 Å². The Morgan fingerprint density at radius 1 is 1.02 bits per heavy atom. The Morgan fingerprint density at radius 3 is 2.52 bits per heavy atom. The number of Topliss-reactive ketones (excluding diaryl/α,β-unsaturated/α-hetero) is 2. The summed E-state index contributed by atoms with van der Waals surface area (Å²) in [5.74, 6) is -1.05. The largest absolute Gasteiger partial charge is 0.488 e. The Morgan fingerprint density at radius 2 is 1.80 bits per heavy atom. The van der Waals surface area contributed by atoms with Crippen molar-refractivity contribution in [1.82, 2.24) is 15.1 Å². The molecule has 2 fully saturated rings. The zero-order valence-corrected chi connectivity index (χ0v) is 31.7. The number of benzene rings is 2. The van der Waals surface area contributed by atoms with Crippen LogP contribution in [-0.4, -0.2) is 109 Å². The highest BCUT2D eigenvalue weighted by atomic mass is 16.6. The van der Waals surface area contributed by atoms with Gasteiger partial charge in [-0.25, -0.2) is 4.79 Å². The fourth-order valence-corrected chi connectivity index (χ4v) is 8.20. The molecule has 4 aliphatic rings. The molecule has 6 atom stereocenters. The molecule has 0 spiro atoms. The molecule has 3 aliphatic heterocycles. The first kappa shape index (κ1) is 39.0. The number of hydrogen-bond acceptors (Lipinski definition) is 12. The summed E-state index contributed by atoms with van der Waals surface area (Å²) in [6, 6.07) is 6.83. The summed E-state index contributed by atoms with van der Waals surface area (Å²) in [5, 5.41) is 12.3. The molecule has 0 radical (unpaired) electrons. The number of nitrogens with one attached hydrogen (secondary N) is 1. The van der Waals surface area contributed by atoms with Gasteiger partial charge in [-0.15, -0.1) is 0 Å². The molecule has 1 amide bonds. The highest BCUT2D eigenvalue weighted by Gasteiger charge is 2.44. The van der Waals surface area contributed by atoms with Crippen LogP contribution in [0, 0.1) is 11.8 Å². The number of ketones is 2. The van der Waals surface area contributed by atoms with E-state index in [1.165, 1.54) is 7.11 Å². The van der Waals surface area contributed by atoms with Gasteiger partial charge >= 0.3 is 11.9 Å². The van der Waals surface area contributed by atoms with Crippen molar-refractivity contribution in [3.8, 4) is 16.9 Å². The number of carbonyl (C=O) groups is 5. The molecule has 0 aromatic heterocycles. The maximum absolute atomic E-state index is 13.8. The van der Waals surface area contributed by atoms with Crippen molar-refractivity contribution in [1.29, 1.82) is 0 Å². The number of esters is 2. The molecule has 0 saturated carbocycles. The number of amides is 1. The molecular formula is C41H51N3O10. The molecule has 54 heavy (non-hydrogen) atoms. The topological polar surface area (TPSA) is 161 Å². The van der Waals surface area contributed by atoms with E-state index in [9.17, 15) is 29.1 Å². The molecule has 2 N–H and O–H groups in total. The molecule has 3 heterocycles. The Labute approximate surface area is 315 Å². The highest BCUT2D eigenvalue weighted by molar-refractivity contribution is 6.04. The maximum atomic E-state index is 13.8.